The Labute approximate surface area is 159 Å². The molecule has 7 nitrogen and oxygen atoms in total. The second kappa shape index (κ2) is 7.42. The van der Waals surface area contributed by atoms with E-state index in [1.807, 2.05) is 0 Å². The fourth-order valence-corrected chi connectivity index (χ4v) is 3.41. The molecule has 0 bridgehead atoms. The van der Waals surface area contributed by atoms with Crippen molar-refractivity contribution < 1.29 is 44.4 Å². The van der Waals surface area contributed by atoms with Crippen molar-refractivity contribution in [2.75, 3.05) is 11.8 Å². The van der Waals surface area contributed by atoms with Gasteiger partial charge in [-0.1, -0.05) is 0 Å². The smallest absolute Gasteiger partial charge is 0.416 e. The maximum absolute atomic E-state index is 12.9. The molecule has 2 aromatic carbocycles. The first kappa shape index (κ1) is 22.3. The molecule has 0 saturated heterocycles. The molecule has 0 aliphatic heterocycles. The molecule has 0 aliphatic carbocycles. The van der Waals surface area contributed by atoms with Crippen LogP contribution in [0.2, 0.25) is 0 Å². The summed E-state index contributed by atoms with van der Waals surface area (Å²) in [7, 11) is -3.78. The number of hydrogen-bond donors (Lipinski definition) is 1. The van der Waals surface area contributed by atoms with Crippen molar-refractivity contribution in [3.05, 3.63) is 57.6 Å². The fourth-order valence-electron chi connectivity index (χ4n) is 2.22. The molecule has 14 heteroatoms. The van der Waals surface area contributed by atoms with E-state index in [1.54, 1.807) is 4.72 Å². The van der Waals surface area contributed by atoms with Gasteiger partial charge in [0.2, 0.25) is 0 Å². The number of non-ortho nitro benzene ring substituents is 1. The lowest BCUT2D eigenvalue weighted by Crippen LogP contribution is -2.17. The highest BCUT2D eigenvalue weighted by molar-refractivity contribution is 7.92. The van der Waals surface area contributed by atoms with E-state index >= 15 is 0 Å². The van der Waals surface area contributed by atoms with Gasteiger partial charge in [0.25, 0.3) is 15.7 Å². The Morgan fingerprint density at radius 1 is 0.966 bits per heavy atom. The molecule has 0 aromatic heterocycles. The number of halogens is 6. The SMILES string of the molecule is COc1cc([N+](=O)[O-])ccc1S(=O)(=O)Nc1cc(C(F)(F)F)cc(C(F)(F)F)c1. The molecule has 0 saturated carbocycles. The molecule has 0 radical (unpaired) electrons. The minimum atomic E-state index is -5.17. The van der Waals surface area contributed by atoms with Crippen molar-refractivity contribution in [1.82, 2.24) is 0 Å². The van der Waals surface area contributed by atoms with E-state index in [1.165, 1.54) is 0 Å². The second-order valence-corrected chi connectivity index (χ2v) is 7.14. The highest BCUT2D eigenvalue weighted by atomic mass is 32.2. The summed E-state index contributed by atoms with van der Waals surface area (Å²) in [6.45, 7) is 0. The van der Waals surface area contributed by atoms with Crippen LogP contribution in [0.5, 0.6) is 5.75 Å². The number of anilines is 1. The van der Waals surface area contributed by atoms with Gasteiger partial charge in [0.15, 0.2) is 0 Å². The Morgan fingerprint density at radius 3 is 1.90 bits per heavy atom. The van der Waals surface area contributed by atoms with Gasteiger partial charge in [-0.3, -0.25) is 14.8 Å². The molecule has 0 unspecified atom stereocenters. The number of nitrogens with one attached hydrogen (secondary N) is 1. The van der Waals surface area contributed by atoms with E-state index in [-0.39, 0.29) is 18.2 Å². The van der Waals surface area contributed by atoms with Crippen molar-refractivity contribution >= 4 is 21.4 Å². The van der Waals surface area contributed by atoms with Crippen LogP contribution in [0.15, 0.2) is 41.3 Å². The fraction of sp³-hybridized carbons (Fsp3) is 0.200. The van der Waals surface area contributed by atoms with E-state index < -0.39 is 60.4 Å². The van der Waals surface area contributed by atoms with E-state index in [2.05, 4.69) is 0 Å². The first-order valence-corrected chi connectivity index (χ1v) is 8.78. The van der Waals surface area contributed by atoms with Gasteiger partial charge in [-0.2, -0.15) is 26.3 Å². The van der Waals surface area contributed by atoms with Gasteiger partial charge in [0.1, 0.15) is 10.6 Å². The standard InChI is InChI=1S/C15H10F6N2O5S/c1-28-12-7-11(23(24)25)2-3-13(12)29(26,27)22-10-5-8(14(16,17)18)4-9(6-10)15(19,20)21/h2-7,22H,1H3. The number of methoxy groups -OCH3 is 1. The van der Waals surface area contributed by atoms with Crippen LogP contribution in [0.1, 0.15) is 11.1 Å². The molecular formula is C15H10F6N2O5S. The van der Waals surface area contributed by atoms with Crippen LogP contribution in [-0.4, -0.2) is 20.5 Å². The molecule has 29 heavy (non-hydrogen) atoms. The van der Waals surface area contributed by atoms with Gasteiger partial charge in [0.05, 0.1) is 34.9 Å². The maximum atomic E-state index is 12.9. The highest BCUT2D eigenvalue weighted by Gasteiger charge is 2.37. The second-order valence-electron chi connectivity index (χ2n) is 5.49. The zero-order chi connectivity index (χ0) is 22.2. The van der Waals surface area contributed by atoms with E-state index in [0.717, 1.165) is 25.3 Å². The highest BCUT2D eigenvalue weighted by Crippen LogP contribution is 2.38. The molecule has 0 fully saturated rings. The van der Waals surface area contributed by atoms with Crippen molar-refractivity contribution in [1.29, 1.82) is 0 Å². The molecule has 1 N–H and O–H groups in total. The monoisotopic (exact) mass is 444 g/mol. The summed E-state index contributed by atoms with van der Waals surface area (Å²) >= 11 is 0. The summed E-state index contributed by atoms with van der Waals surface area (Å²) in [5, 5.41) is 10.8. The first-order valence-electron chi connectivity index (χ1n) is 7.30. The number of sulfonamides is 1. The molecular weight excluding hydrogens is 434 g/mol. The van der Waals surface area contributed by atoms with Crippen LogP contribution in [0.3, 0.4) is 0 Å². The molecule has 0 atom stereocenters. The third-order valence-corrected chi connectivity index (χ3v) is 4.91. The van der Waals surface area contributed by atoms with E-state index in [9.17, 15) is 44.9 Å². The molecule has 0 amide bonds. The van der Waals surface area contributed by atoms with Gasteiger partial charge in [0, 0.05) is 6.07 Å². The summed E-state index contributed by atoms with van der Waals surface area (Å²) in [5.74, 6) is -0.533. The number of alkyl halides is 6. The largest absolute Gasteiger partial charge is 0.495 e. The zero-order valence-corrected chi connectivity index (χ0v) is 14.9. The summed E-state index contributed by atoms with van der Waals surface area (Å²) in [6.07, 6.45) is -10.3. The summed E-state index contributed by atoms with van der Waals surface area (Å²) in [5.41, 5.74) is -4.99. The quantitative estimate of drug-likeness (QED) is 0.418. The zero-order valence-electron chi connectivity index (χ0n) is 14.1. The average molecular weight is 444 g/mol. The lowest BCUT2D eigenvalue weighted by molar-refractivity contribution is -0.385. The topological polar surface area (TPSA) is 98.5 Å². The van der Waals surface area contributed by atoms with Crippen LogP contribution in [0.4, 0.5) is 37.7 Å². The van der Waals surface area contributed by atoms with Gasteiger partial charge in [-0.25, -0.2) is 8.42 Å². The third kappa shape index (κ3) is 5.07. The van der Waals surface area contributed by atoms with Crippen molar-refractivity contribution in [3.63, 3.8) is 0 Å². The maximum Gasteiger partial charge on any atom is 0.416 e. The Morgan fingerprint density at radius 2 is 1.48 bits per heavy atom. The van der Waals surface area contributed by atoms with Crippen LogP contribution in [0.25, 0.3) is 0 Å². The molecule has 158 valence electrons. The number of ether oxygens (including phenoxy) is 1. The van der Waals surface area contributed by atoms with Crippen molar-refractivity contribution in [2.45, 2.75) is 17.2 Å². The van der Waals surface area contributed by atoms with Gasteiger partial charge in [-0.05, 0) is 24.3 Å². The van der Waals surface area contributed by atoms with Crippen LogP contribution in [-0.2, 0) is 22.4 Å². The van der Waals surface area contributed by atoms with Crippen molar-refractivity contribution in [2.24, 2.45) is 0 Å². The number of benzene rings is 2. The summed E-state index contributed by atoms with van der Waals surface area (Å²) in [4.78, 5) is 9.18. The Kier molecular flexibility index (Phi) is 5.70. The van der Waals surface area contributed by atoms with E-state index in [0.29, 0.717) is 0 Å². The lowest BCUT2D eigenvalue weighted by atomic mass is 10.1. The number of hydrogen-bond acceptors (Lipinski definition) is 5. The Hall–Kier alpha value is -3.03. The number of nitrogens with zero attached hydrogens (tertiary/aromatic N) is 1. The number of nitro benzene ring substituents is 1. The predicted octanol–water partition coefficient (Wildman–Crippen LogP) is 4.44. The normalized spacial score (nSPS) is 12.5. The summed E-state index contributed by atoms with van der Waals surface area (Å²) in [6, 6.07) is 2.46. The molecule has 0 spiro atoms. The Balaban J connectivity index is 2.56. The predicted molar refractivity (Wildman–Crippen MR) is 86.9 cm³/mol. The minimum absolute atomic E-state index is 0.162. The molecule has 2 aromatic rings. The van der Waals surface area contributed by atoms with Gasteiger partial charge < -0.3 is 4.74 Å². The van der Waals surface area contributed by atoms with Crippen LogP contribution >= 0.6 is 0 Å². The van der Waals surface area contributed by atoms with E-state index in [4.69, 9.17) is 4.74 Å². The summed E-state index contributed by atoms with van der Waals surface area (Å²) < 4.78 is 109. The molecule has 0 heterocycles. The number of nitro groups is 1. The van der Waals surface area contributed by atoms with Gasteiger partial charge in [-0.15, -0.1) is 0 Å². The molecule has 0 aliphatic rings. The Bertz CT molecular complexity index is 1020. The molecule has 2 rings (SSSR count). The minimum Gasteiger partial charge on any atom is -0.495 e. The van der Waals surface area contributed by atoms with Crippen LogP contribution < -0.4 is 9.46 Å². The third-order valence-electron chi connectivity index (χ3n) is 3.49. The van der Waals surface area contributed by atoms with Gasteiger partial charge >= 0.3 is 12.4 Å². The van der Waals surface area contributed by atoms with Crippen molar-refractivity contribution in [3.8, 4) is 5.75 Å². The first-order chi connectivity index (χ1) is 13.1. The lowest BCUT2D eigenvalue weighted by Gasteiger charge is -2.16. The van der Waals surface area contributed by atoms with Crippen LogP contribution in [0, 0.1) is 10.1 Å². The number of rotatable bonds is 5. The average Bonchev–Trinajstić information content (AvgIpc) is 2.58.